The van der Waals surface area contributed by atoms with E-state index in [1.807, 2.05) is 12.1 Å². The van der Waals surface area contributed by atoms with Crippen molar-refractivity contribution in [2.24, 2.45) is 0 Å². The van der Waals surface area contributed by atoms with Crippen molar-refractivity contribution in [3.8, 4) is 17.5 Å². The molecule has 0 unspecified atom stereocenters. The predicted octanol–water partition coefficient (Wildman–Crippen LogP) is 4.23. The number of fused-ring (bicyclic) bond motifs is 1. The minimum Gasteiger partial charge on any atom is -0.387 e. The van der Waals surface area contributed by atoms with E-state index in [2.05, 4.69) is 37.1 Å². The number of aliphatic hydroxyl groups is 1. The molecule has 0 saturated heterocycles. The molecule has 0 radical (unpaired) electrons. The van der Waals surface area contributed by atoms with Crippen LogP contribution in [-0.4, -0.2) is 65.0 Å². The number of anilines is 1. The van der Waals surface area contributed by atoms with Crippen molar-refractivity contribution < 1.29 is 23.1 Å². The third kappa shape index (κ3) is 6.20. The highest BCUT2D eigenvalue weighted by Crippen LogP contribution is 2.32. The summed E-state index contributed by atoms with van der Waals surface area (Å²) >= 11 is 0. The van der Waals surface area contributed by atoms with E-state index in [0.29, 0.717) is 53.8 Å². The lowest BCUT2D eigenvalue weighted by Crippen LogP contribution is -2.42. The van der Waals surface area contributed by atoms with Crippen molar-refractivity contribution in [2.45, 2.75) is 69.8 Å². The third-order valence-electron chi connectivity index (χ3n) is 7.43. The Labute approximate surface area is 239 Å². The van der Waals surface area contributed by atoms with Gasteiger partial charge < -0.3 is 15.7 Å². The molecular formula is C28H30F3N9O2. The van der Waals surface area contributed by atoms with Crippen LogP contribution in [0.25, 0.3) is 16.9 Å². The monoisotopic (exact) mass is 581 g/mol. The summed E-state index contributed by atoms with van der Waals surface area (Å²) in [5.41, 5.74) is 0.965. The molecule has 4 aromatic rings. The van der Waals surface area contributed by atoms with Crippen LogP contribution in [0.4, 0.5) is 18.9 Å². The molecule has 0 spiro atoms. The van der Waals surface area contributed by atoms with E-state index in [4.69, 9.17) is 0 Å². The molecule has 0 bridgehead atoms. The van der Waals surface area contributed by atoms with Crippen LogP contribution in [0.5, 0.6) is 0 Å². The van der Waals surface area contributed by atoms with Crippen LogP contribution in [-0.2, 0) is 0 Å². The van der Waals surface area contributed by atoms with Gasteiger partial charge in [-0.3, -0.25) is 9.78 Å². The van der Waals surface area contributed by atoms with Gasteiger partial charge in [0, 0.05) is 12.2 Å². The maximum Gasteiger partial charge on any atom is 0.283 e. The Morgan fingerprint density at radius 2 is 1.95 bits per heavy atom. The van der Waals surface area contributed by atoms with Crippen molar-refractivity contribution in [3.63, 3.8) is 0 Å². The number of pyridine rings is 1. The van der Waals surface area contributed by atoms with Gasteiger partial charge >= 0.3 is 0 Å². The maximum absolute atomic E-state index is 14.4. The van der Waals surface area contributed by atoms with E-state index in [1.54, 1.807) is 16.6 Å². The van der Waals surface area contributed by atoms with Crippen molar-refractivity contribution in [1.82, 2.24) is 34.9 Å². The van der Waals surface area contributed by atoms with Gasteiger partial charge in [0.2, 0.25) is 0 Å². The highest BCUT2D eigenvalue weighted by Gasteiger charge is 2.29. The molecule has 1 saturated carbocycles. The fourth-order valence-electron chi connectivity index (χ4n) is 4.95. The van der Waals surface area contributed by atoms with Gasteiger partial charge in [-0.05, 0) is 63.8 Å². The largest absolute Gasteiger partial charge is 0.387 e. The van der Waals surface area contributed by atoms with E-state index in [1.165, 1.54) is 37.1 Å². The first-order chi connectivity index (χ1) is 20.0. The Bertz CT molecular complexity index is 1610. The maximum atomic E-state index is 14.4. The predicted molar refractivity (Wildman–Crippen MR) is 147 cm³/mol. The van der Waals surface area contributed by atoms with E-state index >= 15 is 0 Å². The van der Waals surface area contributed by atoms with Crippen molar-refractivity contribution in [3.05, 3.63) is 59.7 Å². The molecule has 1 amide bonds. The topological polar surface area (TPSA) is 146 Å². The van der Waals surface area contributed by atoms with Crippen LogP contribution >= 0.6 is 0 Å². The molecule has 4 aromatic heterocycles. The summed E-state index contributed by atoms with van der Waals surface area (Å²) < 4.78 is 43.4. The van der Waals surface area contributed by atoms with E-state index in [9.17, 15) is 28.3 Å². The first-order valence-corrected chi connectivity index (χ1v) is 13.5. The fourth-order valence-corrected chi connectivity index (χ4v) is 4.95. The van der Waals surface area contributed by atoms with Crippen LogP contribution < -0.4 is 10.6 Å². The molecule has 11 nitrogen and oxygen atoms in total. The molecule has 1 fully saturated rings. The SMILES string of the molecule is CC(C)(O)[C@H](F)CNC(=O)c1cnc(-c2ccc3cc(C#N)cnn23)cc1N[C@H]1CC[C@H](n2cc(C(F)F)nn2)CC1. The zero-order valence-electron chi connectivity index (χ0n) is 23.0. The number of hydrogen-bond donors (Lipinski definition) is 3. The lowest BCUT2D eigenvalue weighted by Gasteiger charge is -2.30. The summed E-state index contributed by atoms with van der Waals surface area (Å²) in [7, 11) is 0. The zero-order chi connectivity index (χ0) is 30.0. The average Bonchev–Trinajstić information content (AvgIpc) is 3.63. The third-order valence-corrected chi connectivity index (χ3v) is 7.43. The Balaban J connectivity index is 1.38. The Morgan fingerprint density at radius 1 is 1.19 bits per heavy atom. The number of amides is 1. The molecule has 1 atom stereocenters. The number of halogens is 3. The van der Waals surface area contributed by atoms with Gasteiger partial charge in [0.1, 0.15) is 17.9 Å². The minimum absolute atomic E-state index is 0.0492. The first kappa shape index (κ1) is 29.0. The van der Waals surface area contributed by atoms with Crippen LogP contribution in [0, 0.1) is 11.3 Å². The molecule has 1 aliphatic carbocycles. The number of nitrogens with zero attached hydrogens (tertiary/aromatic N) is 7. The summed E-state index contributed by atoms with van der Waals surface area (Å²) in [4.78, 5) is 17.6. The fraction of sp³-hybridized carbons (Fsp3) is 0.429. The van der Waals surface area contributed by atoms with Gasteiger partial charge in [-0.15, -0.1) is 5.10 Å². The van der Waals surface area contributed by atoms with Gasteiger partial charge in [0.15, 0.2) is 0 Å². The Morgan fingerprint density at radius 3 is 2.62 bits per heavy atom. The van der Waals surface area contributed by atoms with Gasteiger partial charge in [-0.25, -0.2) is 22.4 Å². The molecule has 5 rings (SSSR count). The second-order valence-electron chi connectivity index (χ2n) is 10.9. The first-order valence-electron chi connectivity index (χ1n) is 13.5. The van der Waals surface area contributed by atoms with Gasteiger partial charge in [0.05, 0.1) is 64.3 Å². The molecule has 0 aliphatic heterocycles. The molecule has 42 heavy (non-hydrogen) atoms. The molecule has 4 heterocycles. The molecule has 3 N–H and O–H groups in total. The normalized spacial score (nSPS) is 18.1. The van der Waals surface area contributed by atoms with Crippen molar-refractivity contribution in [2.75, 3.05) is 11.9 Å². The highest BCUT2D eigenvalue weighted by atomic mass is 19.3. The van der Waals surface area contributed by atoms with Gasteiger partial charge in [-0.2, -0.15) is 10.4 Å². The standard InChI is InChI=1S/C28H30F3N9O2/c1-28(2,42)25(29)14-34-27(41)20-13-33-22(24-8-7-19-9-16(11-32)12-35-40(19)24)10-21(20)36-17-3-5-18(6-4-17)39-15-23(26(30)31)37-38-39/h7-10,12-13,15,17-18,25-26,42H,3-6,14H2,1-2H3,(H,33,36)(H,34,41)/t17-,18-,25-/m1/s1. The molecular weight excluding hydrogens is 551 g/mol. The number of aromatic nitrogens is 6. The molecule has 220 valence electrons. The van der Waals surface area contributed by atoms with Crippen molar-refractivity contribution >= 4 is 17.1 Å². The lowest BCUT2D eigenvalue weighted by atomic mass is 9.91. The molecule has 0 aromatic carbocycles. The summed E-state index contributed by atoms with van der Waals surface area (Å²) in [6, 6.07) is 8.98. The van der Waals surface area contributed by atoms with Crippen LogP contribution in [0.1, 0.15) is 73.6 Å². The quantitative estimate of drug-likeness (QED) is 0.266. The summed E-state index contributed by atoms with van der Waals surface area (Å²) in [5.74, 6) is -0.559. The number of nitrogens with one attached hydrogen (secondary N) is 2. The second-order valence-corrected chi connectivity index (χ2v) is 10.9. The minimum atomic E-state index is -2.68. The Kier molecular flexibility index (Phi) is 8.13. The summed E-state index contributed by atoms with van der Waals surface area (Å²) in [5, 5.41) is 36.8. The number of hydrogen-bond acceptors (Lipinski definition) is 8. The number of carbonyl (C=O) groups is 1. The van der Waals surface area contributed by atoms with Crippen LogP contribution in [0.15, 0.2) is 42.9 Å². The average molecular weight is 582 g/mol. The van der Waals surface area contributed by atoms with Crippen molar-refractivity contribution in [1.29, 1.82) is 5.26 Å². The summed E-state index contributed by atoms with van der Waals surface area (Å²) in [6.07, 6.45) is 2.43. The highest BCUT2D eigenvalue weighted by molar-refractivity contribution is 6.00. The van der Waals surface area contributed by atoms with Gasteiger partial charge in [-0.1, -0.05) is 5.21 Å². The summed E-state index contributed by atoms with van der Waals surface area (Å²) in [6.45, 7) is 2.26. The number of rotatable bonds is 9. The second kappa shape index (κ2) is 11.8. The number of carbonyl (C=O) groups excluding carboxylic acids is 1. The number of nitriles is 1. The van der Waals surface area contributed by atoms with Crippen LogP contribution in [0.3, 0.4) is 0 Å². The molecule has 1 aliphatic rings. The van der Waals surface area contributed by atoms with Crippen LogP contribution in [0.2, 0.25) is 0 Å². The van der Waals surface area contributed by atoms with E-state index < -0.39 is 24.1 Å². The number of alkyl halides is 3. The van der Waals surface area contributed by atoms with E-state index in [0.717, 1.165) is 0 Å². The Hall–Kier alpha value is -4.51. The zero-order valence-corrected chi connectivity index (χ0v) is 23.0. The van der Waals surface area contributed by atoms with Gasteiger partial charge in [0.25, 0.3) is 12.3 Å². The molecule has 14 heteroatoms. The van der Waals surface area contributed by atoms with E-state index in [-0.39, 0.29) is 29.9 Å². The smallest absolute Gasteiger partial charge is 0.283 e. The lowest BCUT2D eigenvalue weighted by molar-refractivity contribution is -0.00177.